The quantitative estimate of drug-likeness (QED) is 0.874. The van der Waals surface area contributed by atoms with E-state index < -0.39 is 0 Å². The third kappa shape index (κ3) is 4.82. The van der Waals surface area contributed by atoms with Gasteiger partial charge in [0.1, 0.15) is 6.61 Å². The molecule has 4 heteroatoms. The molecule has 1 aliphatic rings. The summed E-state index contributed by atoms with van der Waals surface area (Å²) in [6, 6.07) is 13.4. The van der Waals surface area contributed by atoms with Crippen LogP contribution in [0.25, 0.3) is 0 Å². The lowest BCUT2D eigenvalue weighted by Gasteiger charge is -2.21. The number of ether oxygens (including phenoxy) is 1. The molecule has 126 valence electrons. The van der Waals surface area contributed by atoms with Crippen LogP contribution < -0.4 is 10.1 Å². The smallest absolute Gasteiger partial charge is 0.251 e. The van der Waals surface area contributed by atoms with E-state index in [0.29, 0.717) is 24.0 Å². The molecule has 3 rings (SSSR count). The van der Waals surface area contributed by atoms with Gasteiger partial charge in [-0.25, -0.2) is 4.98 Å². The number of pyridine rings is 1. The van der Waals surface area contributed by atoms with Gasteiger partial charge in [0.15, 0.2) is 0 Å². The number of carbonyl (C=O) groups is 1. The number of amides is 1. The summed E-state index contributed by atoms with van der Waals surface area (Å²) in [5.41, 5.74) is 1.68. The zero-order chi connectivity index (χ0) is 16.6. The predicted molar refractivity (Wildman–Crippen MR) is 93.9 cm³/mol. The summed E-state index contributed by atoms with van der Waals surface area (Å²) < 4.78 is 5.69. The minimum atomic E-state index is -0.0486. The van der Waals surface area contributed by atoms with Crippen molar-refractivity contribution in [1.82, 2.24) is 10.3 Å². The van der Waals surface area contributed by atoms with E-state index in [0.717, 1.165) is 12.1 Å². The Morgan fingerprint density at radius 2 is 1.92 bits per heavy atom. The molecule has 1 aliphatic carbocycles. The van der Waals surface area contributed by atoms with Crippen LogP contribution in [0.1, 0.15) is 48.0 Å². The molecule has 2 aromatic rings. The maximum Gasteiger partial charge on any atom is 0.251 e. The van der Waals surface area contributed by atoms with Gasteiger partial charge in [-0.3, -0.25) is 4.79 Å². The van der Waals surface area contributed by atoms with E-state index in [1.807, 2.05) is 30.3 Å². The van der Waals surface area contributed by atoms with Crippen LogP contribution in [0, 0.1) is 5.92 Å². The van der Waals surface area contributed by atoms with Gasteiger partial charge in [0.05, 0.1) is 0 Å². The average Bonchev–Trinajstić information content (AvgIpc) is 2.66. The van der Waals surface area contributed by atoms with Crippen molar-refractivity contribution in [3.8, 4) is 5.88 Å². The van der Waals surface area contributed by atoms with Gasteiger partial charge < -0.3 is 10.1 Å². The third-order valence-electron chi connectivity index (χ3n) is 4.50. The summed E-state index contributed by atoms with van der Waals surface area (Å²) in [6.45, 7) is 1.21. The lowest BCUT2D eigenvalue weighted by atomic mass is 9.89. The highest BCUT2D eigenvalue weighted by atomic mass is 16.5. The third-order valence-corrected chi connectivity index (χ3v) is 4.50. The van der Waals surface area contributed by atoms with E-state index in [2.05, 4.69) is 10.3 Å². The van der Waals surface area contributed by atoms with E-state index in [1.165, 1.54) is 32.1 Å². The predicted octanol–water partition coefficient (Wildman–Crippen LogP) is 3.97. The van der Waals surface area contributed by atoms with Crippen LogP contribution >= 0.6 is 0 Å². The minimum Gasteiger partial charge on any atom is -0.473 e. The number of carbonyl (C=O) groups excluding carboxylic acids is 1. The van der Waals surface area contributed by atoms with Crippen molar-refractivity contribution in [2.75, 3.05) is 6.54 Å². The zero-order valence-corrected chi connectivity index (χ0v) is 13.9. The first-order valence-electron chi connectivity index (χ1n) is 8.72. The molecule has 0 saturated heterocycles. The van der Waals surface area contributed by atoms with Crippen molar-refractivity contribution < 1.29 is 9.53 Å². The number of rotatable bonds is 6. The Balaban J connectivity index is 1.52. The summed E-state index contributed by atoms with van der Waals surface area (Å²) in [6.07, 6.45) is 7.97. The maximum absolute atomic E-state index is 12.3. The number of nitrogens with one attached hydrogen (secondary N) is 1. The first-order chi connectivity index (χ1) is 11.8. The number of hydrogen-bond donors (Lipinski definition) is 1. The Kier molecular flexibility index (Phi) is 5.83. The van der Waals surface area contributed by atoms with E-state index in [1.54, 1.807) is 18.3 Å². The van der Waals surface area contributed by atoms with E-state index in [4.69, 9.17) is 4.74 Å². The molecular weight excluding hydrogens is 300 g/mol. The highest BCUT2D eigenvalue weighted by molar-refractivity contribution is 5.94. The van der Waals surface area contributed by atoms with Crippen molar-refractivity contribution in [3.63, 3.8) is 0 Å². The lowest BCUT2D eigenvalue weighted by molar-refractivity contribution is 0.0943. The highest BCUT2D eigenvalue weighted by Crippen LogP contribution is 2.22. The molecule has 4 nitrogen and oxygen atoms in total. The molecule has 0 atom stereocenters. The molecule has 0 bridgehead atoms. The minimum absolute atomic E-state index is 0.0486. The summed E-state index contributed by atoms with van der Waals surface area (Å²) in [5, 5.41) is 3.05. The molecule has 1 fully saturated rings. The van der Waals surface area contributed by atoms with Crippen LogP contribution in [-0.2, 0) is 6.61 Å². The standard InChI is InChI=1S/C20H24N2O2/c23-20(22-14-16-7-3-1-4-8-16)18-11-12-21-19(13-18)24-15-17-9-5-2-6-10-17/h2,5-6,9-13,16H,1,3-4,7-8,14-15H2,(H,22,23). The van der Waals surface area contributed by atoms with Gasteiger partial charge in [-0.15, -0.1) is 0 Å². The SMILES string of the molecule is O=C(NCC1CCCCC1)c1ccnc(OCc2ccccc2)c1. The molecule has 1 amide bonds. The molecule has 24 heavy (non-hydrogen) atoms. The number of aromatic nitrogens is 1. The fourth-order valence-corrected chi connectivity index (χ4v) is 3.09. The van der Waals surface area contributed by atoms with Crippen molar-refractivity contribution in [3.05, 3.63) is 59.8 Å². The lowest BCUT2D eigenvalue weighted by Crippen LogP contribution is -2.30. The molecule has 0 aliphatic heterocycles. The molecule has 1 saturated carbocycles. The average molecular weight is 324 g/mol. The topological polar surface area (TPSA) is 51.2 Å². The van der Waals surface area contributed by atoms with E-state index >= 15 is 0 Å². The monoisotopic (exact) mass is 324 g/mol. The van der Waals surface area contributed by atoms with Gasteiger partial charge >= 0.3 is 0 Å². The Morgan fingerprint density at radius 1 is 1.12 bits per heavy atom. The number of benzene rings is 1. The Morgan fingerprint density at radius 3 is 2.71 bits per heavy atom. The molecule has 1 aromatic carbocycles. The van der Waals surface area contributed by atoms with Gasteiger partial charge in [-0.05, 0) is 30.4 Å². The maximum atomic E-state index is 12.3. The molecule has 0 unspecified atom stereocenters. The largest absolute Gasteiger partial charge is 0.473 e. The molecule has 1 aromatic heterocycles. The number of nitrogens with zero attached hydrogens (tertiary/aromatic N) is 1. The highest BCUT2D eigenvalue weighted by Gasteiger charge is 2.15. The Hall–Kier alpha value is -2.36. The van der Waals surface area contributed by atoms with Crippen LogP contribution in [0.4, 0.5) is 0 Å². The van der Waals surface area contributed by atoms with Crippen molar-refractivity contribution in [2.45, 2.75) is 38.7 Å². The Bertz CT molecular complexity index is 652. The van der Waals surface area contributed by atoms with Crippen LogP contribution in [0.2, 0.25) is 0 Å². The summed E-state index contributed by atoms with van der Waals surface area (Å²) >= 11 is 0. The first-order valence-corrected chi connectivity index (χ1v) is 8.72. The molecule has 0 radical (unpaired) electrons. The second-order valence-electron chi connectivity index (χ2n) is 6.37. The Labute approximate surface area is 143 Å². The first kappa shape index (κ1) is 16.5. The fourth-order valence-electron chi connectivity index (χ4n) is 3.09. The van der Waals surface area contributed by atoms with E-state index in [-0.39, 0.29) is 5.91 Å². The van der Waals surface area contributed by atoms with Crippen molar-refractivity contribution in [1.29, 1.82) is 0 Å². The van der Waals surface area contributed by atoms with E-state index in [9.17, 15) is 4.79 Å². The van der Waals surface area contributed by atoms with Crippen molar-refractivity contribution >= 4 is 5.91 Å². The van der Waals surface area contributed by atoms with Gasteiger partial charge in [0, 0.05) is 24.4 Å². The molecular formula is C20H24N2O2. The van der Waals surface area contributed by atoms with Crippen LogP contribution in [0.15, 0.2) is 48.7 Å². The second-order valence-corrected chi connectivity index (χ2v) is 6.37. The summed E-state index contributed by atoms with van der Waals surface area (Å²) in [7, 11) is 0. The fraction of sp³-hybridized carbons (Fsp3) is 0.400. The van der Waals surface area contributed by atoms with Gasteiger partial charge in [-0.1, -0.05) is 49.6 Å². The zero-order valence-electron chi connectivity index (χ0n) is 13.9. The molecule has 0 spiro atoms. The van der Waals surface area contributed by atoms with Crippen LogP contribution in [-0.4, -0.2) is 17.4 Å². The summed E-state index contributed by atoms with van der Waals surface area (Å²) in [5.74, 6) is 1.05. The molecule has 1 N–H and O–H groups in total. The van der Waals surface area contributed by atoms with Gasteiger partial charge in [0.2, 0.25) is 5.88 Å². The summed E-state index contributed by atoms with van der Waals surface area (Å²) in [4.78, 5) is 16.5. The van der Waals surface area contributed by atoms with Crippen molar-refractivity contribution in [2.24, 2.45) is 5.92 Å². The van der Waals surface area contributed by atoms with Crippen LogP contribution in [0.5, 0.6) is 5.88 Å². The van der Waals surface area contributed by atoms with Gasteiger partial charge in [0.25, 0.3) is 5.91 Å². The number of hydrogen-bond acceptors (Lipinski definition) is 3. The second kappa shape index (κ2) is 8.48. The normalized spacial score (nSPS) is 15.0. The van der Waals surface area contributed by atoms with Gasteiger partial charge in [-0.2, -0.15) is 0 Å². The molecule has 1 heterocycles. The van der Waals surface area contributed by atoms with Crippen LogP contribution in [0.3, 0.4) is 0 Å².